The van der Waals surface area contributed by atoms with Crippen LogP contribution in [-0.2, 0) is 6.18 Å². The van der Waals surface area contributed by atoms with Crippen LogP contribution in [0.15, 0.2) is 29.1 Å². The van der Waals surface area contributed by atoms with Gasteiger partial charge in [0.15, 0.2) is 0 Å². The number of aromatic amines is 2. The van der Waals surface area contributed by atoms with E-state index >= 15 is 0 Å². The van der Waals surface area contributed by atoms with Crippen molar-refractivity contribution in [1.82, 2.24) is 20.5 Å². The summed E-state index contributed by atoms with van der Waals surface area (Å²) in [5, 5.41) is 8.28. The van der Waals surface area contributed by atoms with Gasteiger partial charge in [-0.15, -0.1) is 5.10 Å². The number of carbonyl (C=O) groups is 1. The van der Waals surface area contributed by atoms with Crippen LogP contribution in [0, 0.1) is 0 Å². The van der Waals surface area contributed by atoms with Gasteiger partial charge in [0.25, 0.3) is 5.91 Å². The van der Waals surface area contributed by atoms with Gasteiger partial charge >= 0.3 is 11.9 Å². The number of hydrogen-bond acceptors (Lipinski definition) is 3. The fraction of sp³-hybridized carbons (Fsp3) is 0.400. The largest absolute Gasteiger partial charge is 0.416 e. The summed E-state index contributed by atoms with van der Waals surface area (Å²) in [4.78, 5) is 25.3. The first kappa shape index (κ1) is 16.3. The highest BCUT2D eigenvalue weighted by Gasteiger charge is 2.39. The molecule has 1 saturated carbocycles. The van der Waals surface area contributed by atoms with E-state index < -0.39 is 35.3 Å². The number of nitrogens with one attached hydrogen (secondary N) is 3. The zero-order valence-corrected chi connectivity index (χ0v) is 12.5. The Labute approximate surface area is 134 Å². The molecule has 1 aliphatic rings. The molecule has 1 aromatic heterocycles. The summed E-state index contributed by atoms with van der Waals surface area (Å²) in [6.45, 7) is 0. The summed E-state index contributed by atoms with van der Waals surface area (Å²) in [7, 11) is 0. The summed E-state index contributed by atoms with van der Waals surface area (Å²) in [6, 6.07) is 4.98. The molecule has 2 aromatic rings. The third kappa shape index (κ3) is 3.19. The second-order valence-corrected chi connectivity index (χ2v) is 5.73. The van der Waals surface area contributed by atoms with Gasteiger partial charge in [-0.2, -0.15) is 13.2 Å². The topological polar surface area (TPSA) is 90.6 Å². The highest BCUT2D eigenvalue weighted by molar-refractivity contribution is 5.90. The van der Waals surface area contributed by atoms with Crippen molar-refractivity contribution in [2.75, 3.05) is 0 Å². The highest BCUT2D eigenvalue weighted by atomic mass is 19.4. The molecule has 1 heterocycles. The van der Waals surface area contributed by atoms with Crippen LogP contribution in [0.4, 0.5) is 13.2 Å². The van der Waals surface area contributed by atoms with E-state index in [1.165, 1.54) is 12.1 Å². The number of amides is 1. The molecule has 6 nitrogen and oxygen atoms in total. The normalized spacial score (nSPS) is 21.0. The summed E-state index contributed by atoms with van der Waals surface area (Å²) < 4.78 is 39.7. The molecule has 0 bridgehead atoms. The monoisotopic (exact) mass is 340 g/mol. The van der Waals surface area contributed by atoms with E-state index in [-0.39, 0.29) is 11.4 Å². The van der Waals surface area contributed by atoms with Gasteiger partial charge in [-0.25, -0.2) is 9.89 Å². The van der Waals surface area contributed by atoms with E-state index in [1.54, 1.807) is 6.07 Å². The van der Waals surface area contributed by atoms with E-state index in [4.69, 9.17) is 0 Å². The first-order valence-corrected chi connectivity index (χ1v) is 7.48. The number of benzene rings is 1. The molecule has 1 aromatic carbocycles. The predicted molar refractivity (Wildman–Crippen MR) is 78.5 cm³/mol. The van der Waals surface area contributed by atoms with Crippen LogP contribution in [0.2, 0.25) is 0 Å². The van der Waals surface area contributed by atoms with Crippen LogP contribution in [0.1, 0.15) is 46.9 Å². The van der Waals surface area contributed by atoms with Gasteiger partial charge in [0.1, 0.15) is 0 Å². The van der Waals surface area contributed by atoms with Crippen LogP contribution in [0.3, 0.4) is 0 Å². The molecule has 0 saturated heterocycles. The Morgan fingerprint density at radius 2 is 2.00 bits per heavy atom. The van der Waals surface area contributed by atoms with Gasteiger partial charge in [-0.3, -0.25) is 9.78 Å². The molecule has 3 N–H and O–H groups in total. The molecule has 9 heteroatoms. The number of hydrogen-bond donors (Lipinski definition) is 3. The van der Waals surface area contributed by atoms with Crippen molar-refractivity contribution >= 4 is 5.91 Å². The van der Waals surface area contributed by atoms with Crippen LogP contribution in [-0.4, -0.2) is 27.1 Å². The average Bonchev–Trinajstić information content (AvgIpc) is 3.15. The van der Waals surface area contributed by atoms with Crippen molar-refractivity contribution in [3.05, 3.63) is 51.7 Å². The molecule has 0 aliphatic heterocycles. The third-order valence-corrected chi connectivity index (χ3v) is 4.21. The standard InChI is InChI=1S/C15H15F3N4O2/c16-15(17,18)10-6-2-1-4-8(10)9-5-3-7-11(9)19-13(23)12-20-14(24)22-21-12/h1-2,4,6,9,11H,3,5,7H2,(H,19,23)(H2,20,21,22,24)/t9-,11-/m0/s1. The Morgan fingerprint density at radius 3 is 2.67 bits per heavy atom. The molecule has 24 heavy (non-hydrogen) atoms. The number of aromatic nitrogens is 3. The maximum Gasteiger partial charge on any atom is 0.416 e. The molecular formula is C15H15F3N4O2. The number of carbonyl (C=O) groups excluding carboxylic acids is 1. The van der Waals surface area contributed by atoms with Crippen molar-refractivity contribution in [1.29, 1.82) is 0 Å². The molecule has 1 fully saturated rings. The van der Waals surface area contributed by atoms with E-state index in [2.05, 4.69) is 20.5 Å². The lowest BCUT2D eigenvalue weighted by Crippen LogP contribution is -2.37. The van der Waals surface area contributed by atoms with E-state index in [0.717, 1.165) is 6.07 Å². The minimum Gasteiger partial charge on any atom is -0.346 e. The van der Waals surface area contributed by atoms with Crippen molar-refractivity contribution in [2.45, 2.75) is 37.4 Å². The Bertz CT molecular complexity index is 796. The van der Waals surface area contributed by atoms with Crippen molar-refractivity contribution in [2.24, 2.45) is 0 Å². The second-order valence-electron chi connectivity index (χ2n) is 5.73. The Morgan fingerprint density at radius 1 is 1.25 bits per heavy atom. The van der Waals surface area contributed by atoms with Gasteiger partial charge in [0.2, 0.25) is 5.82 Å². The third-order valence-electron chi connectivity index (χ3n) is 4.21. The van der Waals surface area contributed by atoms with Crippen LogP contribution in [0.25, 0.3) is 0 Å². The maximum atomic E-state index is 13.2. The lowest BCUT2D eigenvalue weighted by Gasteiger charge is -2.24. The molecule has 1 aliphatic carbocycles. The SMILES string of the molecule is O=C(N[C@H]1CCC[C@H]1c1ccccc1C(F)(F)F)c1n[nH]c(=O)[nH]1. The van der Waals surface area contributed by atoms with Crippen molar-refractivity contribution in [3.8, 4) is 0 Å². The van der Waals surface area contributed by atoms with Crippen LogP contribution < -0.4 is 11.0 Å². The number of H-pyrrole nitrogens is 2. The van der Waals surface area contributed by atoms with E-state index in [9.17, 15) is 22.8 Å². The Kier molecular flexibility index (Phi) is 4.16. The molecule has 0 radical (unpaired) electrons. The highest BCUT2D eigenvalue weighted by Crippen LogP contribution is 2.41. The van der Waals surface area contributed by atoms with Crippen LogP contribution in [0.5, 0.6) is 0 Å². The van der Waals surface area contributed by atoms with Gasteiger partial charge in [-0.1, -0.05) is 24.6 Å². The van der Waals surface area contributed by atoms with E-state index in [0.29, 0.717) is 19.3 Å². The van der Waals surface area contributed by atoms with Crippen molar-refractivity contribution in [3.63, 3.8) is 0 Å². The summed E-state index contributed by atoms with van der Waals surface area (Å²) in [6.07, 6.45) is -2.62. The minimum atomic E-state index is -4.44. The first-order valence-electron chi connectivity index (χ1n) is 7.48. The Hall–Kier alpha value is -2.58. The number of nitrogens with zero attached hydrogens (tertiary/aromatic N) is 1. The molecule has 2 atom stereocenters. The minimum absolute atomic E-state index is 0.184. The first-order chi connectivity index (χ1) is 11.4. The smallest absolute Gasteiger partial charge is 0.346 e. The zero-order valence-electron chi connectivity index (χ0n) is 12.5. The van der Waals surface area contributed by atoms with Crippen molar-refractivity contribution < 1.29 is 18.0 Å². The molecule has 0 unspecified atom stereocenters. The summed E-state index contributed by atoms with van der Waals surface area (Å²) in [5.74, 6) is -1.23. The lowest BCUT2D eigenvalue weighted by molar-refractivity contribution is -0.138. The number of halogens is 3. The molecule has 1 amide bonds. The second kappa shape index (κ2) is 6.14. The van der Waals surface area contributed by atoms with Gasteiger partial charge < -0.3 is 5.32 Å². The summed E-state index contributed by atoms with van der Waals surface area (Å²) >= 11 is 0. The average molecular weight is 340 g/mol. The lowest BCUT2D eigenvalue weighted by atomic mass is 9.89. The molecule has 0 spiro atoms. The zero-order chi connectivity index (χ0) is 17.3. The molecule has 3 rings (SSSR count). The van der Waals surface area contributed by atoms with E-state index in [1.807, 2.05) is 0 Å². The fourth-order valence-electron chi connectivity index (χ4n) is 3.20. The summed E-state index contributed by atoms with van der Waals surface area (Å²) in [5.41, 5.74) is -1.11. The quantitative estimate of drug-likeness (QED) is 0.800. The molecular weight excluding hydrogens is 325 g/mol. The van der Waals surface area contributed by atoms with Gasteiger partial charge in [0, 0.05) is 12.0 Å². The Balaban J connectivity index is 1.84. The van der Waals surface area contributed by atoms with Crippen LogP contribution >= 0.6 is 0 Å². The maximum absolute atomic E-state index is 13.2. The molecule has 128 valence electrons. The van der Waals surface area contributed by atoms with Gasteiger partial charge in [-0.05, 0) is 24.5 Å². The fourth-order valence-corrected chi connectivity index (χ4v) is 3.20. The number of alkyl halides is 3. The van der Waals surface area contributed by atoms with Gasteiger partial charge in [0.05, 0.1) is 5.56 Å². The number of rotatable bonds is 3. The predicted octanol–water partition coefficient (Wildman–Crippen LogP) is 2.18.